The highest BCUT2D eigenvalue weighted by Crippen LogP contribution is 2.41. The third-order valence-electron chi connectivity index (χ3n) is 4.09. The molecule has 2 aromatic rings. The Labute approximate surface area is 174 Å². The van der Waals surface area contributed by atoms with Gasteiger partial charge >= 0.3 is 5.88 Å². The summed E-state index contributed by atoms with van der Waals surface area (Å²) in [5, 5.41) is 13.0. The average Bonchev–Trinajstić information content (AvgIpc) is 3.19. The van der Waals surface area contributed by atoms with Crippen LogP contribution < -0.4 is 24.4 Å². The van der Waals surface area contributed by atoms with Crippen molar-refractivity contribution in [3.05, 3.63) is 45.7 Å². The van der Waals surface area contributed by atoms with Gasteiger partial charge in [0.05, 0.1) is 33.1 Å². The lowest BCUT2D eigenvalue weighted by atomic mass is 10.1. The molecule has 156 valence electrons. The molecule has 0 unspecified atom stereocenters. The van der Waals surface area contributed by atoms with Crippen molar-refractivity contribution in [1.82, 2.24) is 5.32 Å². The van der Waals surface area contributed by atoms with E-state index in [9.17, 15) is 19.7 Å². The number of hydrogen-bond donors (Lipinski definition) is 1. The number of nitrogens with one attached hydrogen (secondary N) is 1. The summed E-state index contributed by atoms with van der Waals surface area (Å²) in [4.78, 5) is 36.5. The van der Waals surface area contributed by atoms with Gasteiger partial charge < -0.3 is 18.6 Å². The van der Waals surface area contributed by atoms with Crippen molar-refractivity contribution < 1.29 is 33.1 Å². The Bertz CT molecular complexity index is 1070. The van der Waals surface area contributed by atoms with Crippen LogP contribution in [0.5, 0.6) is 17.2 Å². The minimum atomic E-state index is -0.771. The summed E-state index contributed by atoms with van der Waals surface area (Å²) in [6.07, 6.45) is 1.09. The summed E-state index contributed by atoms with van der Waals surface area (Å²) in [6, 6.07) is 5.35. The van der Waals surface area contributed by atoms with Crippen LogP contribution in [0.15, 0.2) is 34.3 Å². The molecular weight excluding hydrogens is 418 g/mol. The van der Waals surface area contributed by atoms with Crippen LogP contribution in [0.1, 0.15) is 5.76 Å². The number of ether oxygens (including phenoxy) is 3. The van der Waals surface area contributed by atoms with E-state index in [0.29, 0.717) is 5.75 Å². The Balaban J connectivity index is 2.06. The second-order valence-corrected chi connectivity index (χ2v) is 6.16. The number of nitro groups is 1. The largest absolute Gasteiger partial charge is 0.493 e. The molecule has 0 radical (unpaired) electrons. The maximum atomic E-state index is 13.1. The third kappa shape index (κ3) is 3.67. The van der Waals surface area contributed by atoms with Crippen molar-refractivity contribution in [3.63, 3.8) is 0 Å². The summed E-state index contributed by atoms with van der Waals surface area (Å²) >= 11 is 5.16. The molecule has 12 heteroatoms. The molecule has 0 atom stereocenters. The normalized spacial score (nSPS) is 15.2. The van der Waals surface area contributed by atoms with Gasteiger partial charge in [-0.2, -0.15) is 0 Å². The fourth-order valence-corrected chi connectivity index (χ4v) is 3.03. The zero-order valence-electron chi connectivity index (χ0n) is 16.0. The maximum Gasteiger partial charge on any atom is 0.433 e. The van der Waals surface area contributed by atoms with Crippen LogP contribution in [0.2, 0.25) is 0 Å². The van der Waals surface area contributed by atoms with Crippen molar-refractivity contribution in [2.45, 2.75) is 0 Å². The molecule has 0 saturated carbocycles. The smallest absolute Gasteiger partial charge is 0.433 e. The first kappa shape index (κ1) is 20.8. The molecule has 11 nitrogen and oxygen atoms in total. The van der Waals surface area contributed by atoms with E-state index in [0.717, 1.165) is 17.0 Å². The monoisotopic (exact) mass is 433 g/mol. The number of methoxy groups -OCH3 is 3. The highest BCUT2D eigenvalue weighted by atomic mass is 32.1. The average molecular weight is 433 g/mol. The fourth-order valence-electron chi connectivity index (χ4n) is 2.75. The molecule has 2 amide bonds. The van der Waals surface area contributed by atoms with Crippen LogP contribution in [0, 0.1) is 10.1 Å². The lowest BCUT2D eigenvalue weighted by Crippen LogP contribution is -2.54. The standard InChI is InChI=1S/C18H15N3O8S/c1-26-12-6-9(7-13(27-2)15(12)28-3)20-17(23)11(16(22)19-18(20)30)8-10-4-5-14(29-10)21(24)25/h4-8H,1-3H3,(H,19,22,30)/b11-8-. The van der Waals surface area contributed by atoms with Gasteiger partial charge in [-0.15, -0.1) is 0 Å². The lowest BCUT2D eigenvalue weighted by molar-refractivity contribution is -0.402. The number of benzene rings is 1. The van der Waals surface area contributed by atoms with Gasteiger partial charge in [0.2, 0.25) is 5.75 Å². The first-order chi connectivity index (χ1) is 14.3. The van der Waals surface area contributed by atoms with E-state index in [1.54, 1.807) is 0 Å². The summed E-state index contributed by atoms with van der Waals surface area (Å²) in [5.41, 5.74) is -0.0857. The second-order valence-electron chi connectivity index (χ2n) is 5.77. The number of anilines is 1. The molecule has 0 spiro atoms. The Morgan fingerprint density at radius 2 is 1.77 bits per heavy atom. The van der Waals surface area contributed by atoms with Crippen LogP contribution in [0.3, 0.4) is 0 Å². The van der Waals surface area contributed by atoms with E-state index < -0.39 is 22.6 Å². The Kier molecular flexibility index (Phi) is 5.69. The van der Waals surface area contributed by atoms with E-state index >= 15 is 0 Å². The van der Waals surface area contributed by atoms with Gasteiger partial charge in [0, 0.05) is 12.1 Å². The first-order valence-electron chi connectivity index (χ1n) is 8.26. The molecule has 1 N–H and O–H groups in total. The van der Waals surface area contributed by atoms with Gasteiger partial charge in [-0.1, -0.05) is 0 Å². The zero-order valence-corrected chi connectivity index (χ0v) is 16.8. The Morgan fingerprint density at radius 3 is 2.27 bits per heavy atom. The van der Waals surface area contributed by atoms with Gasteiger partial charge in [-0.05, 0) is 24.4 Å². The molecule has 2 heterocycles. The van der Waals surface area contributed by atoms with Gasteiger partial charge in [0.1, 0.15) is 16.3 Å². The Morgan fingerprint density at radius 1 is 1.13 bits per heavy atom. The molecule has 3 rings (SSSR count). The quantitative estimate of drug-likeness (QED) is 0.239. The number of rotatable bonds is 6. The molecule has 1 aromatic heterocycles. The molecular formula is C18H15N3O8S. The predicted octanol–water partition coefficient (Wildman–Crippen LogP) is 2.04. The minimum absolute atomic E-state index is 0.0436. The van der Waals surface area contributed by atoms with Crippen LogP contribution in [-0.2, 0) is 9.59 Å². The van der Waals surface area contributed by atoms with Crippen LogP contribution in [0.4, 0.5) is 11.6 Å². The van der Waals surface area contributed by atoms with Gasteiger partial charge in [0.25, 0.3) is 11.8 Å². The molecule has 1 aliphatic rings. The second kappa shape index (κ2) is 8.21. The van der Waals surface area contributed by atoms with Gasteiger partial charge in [-0.25, -0.2) is 0 Å². The van der Waals surface area contributed by atoms with Crippen molar-refractivity contribution in [1.29, 1.82) is 0 Å². The summed E-state index contributed by atoms with van der Waals surface area (Å²) < 4.78 is 20.8. The van der Waals surface area contributed by atoms with Crippen molar-refractivity contribution in [3.8, 4) is 17.2 Å². The van der Waals surface area contributed by atoms with E-state index in [2.05, 4.69) is 5.32 Å². The Hall–Kier alpha value is -3.93. The van der Waals surface area contributed by atoms with E-state index in [-0.39, 0.29) is 33.6 Å². The number of nitrogens with zero attached hydrogens (tertiary/aromatic N) is 2. The van der Waals surface area contributed by atoms with E-state index in [1.807, 2.05) is 0 Å². The SMILES string of the molecule is COc1cc(N2C(=O)/C(=C\c3ccc([N+](=O)[O-])o3)C(=O)NC2=S)cc(OC)c1OC. The minimum Gasteiger partial charge on any atom is -0.493 e. The van der Waals surface area contributed by atoms with E-state index in [4.69, 9.17) is 30.8 Å². The summed E-state index contributed by atoms with van der Waals surface area (Å²) in [5.74, 6) is -1.26. The van der Waals surface area contributed by atoms with Crippen molar-refractivity contribution in [2.75, 3.05) is 26.2 Å². The third-order valence-corrected chi connectivity index (χ3v) is 4.37. The molecule has 0 bridgehead atoms. The molecule has 1 saturated heterocycles. The highest BCUT2D eigenvalue weighted by molar-refractivity contribution is 7.80. The number of thiocarbonyl (C=S) groups is 1. The molecule has 0 aliphatic carbocycles. The molecule has 30 heavy (non-hydrogen) atoms. The predicted molar refractivity (Wildman–Crippen MR) is 108 cm³/mol. The first-order valence-corrected chi connectivity index (χ1v) is 8.67. The molecule has 1 aliphatic heterocycles. The topological polar surface area (TPSA) is 133 Å². The number of carbonyl (C=O) groups excluding carboxylic acids is 2. The van der Waals surface area contributed by atoms with Crippen LogP contribution >= 0.6 is 12.2 Å². The highest BCUT2D eigenvalue weighted by Gasteiger charge is 2.36. The van der Waals surface area contributed by atoms with Crippen molar-refractivity contribution in [2.24, 2.45) is 0 Å². The van der Waals surface area contributed by atoms with Crippen LogP contribution in [-0.4, -0.2) is 43.2 Å². The van der Waals surface area contributed by atoms with Gasteiger partial charge in [0.15, 0.2) is 16.6 Å². The van der Waals surface area contributed by atoms with E-state index in [1.165, 1.54) is 39.5 Å². The lowest BCUT2D eigenvalue weighted by Gasteiger charge is -2.29. The molecule has 1 fully saturated rings. The number of hydrogen-bond acceptors (Lipinski definition) is 9. The summed E-state index contributed by atoms with van der Waals surface area (Å²) in [7, 11) is 4.25. The zero-order chi connectivity index (χ0) is 22.0. The number of furan rings is 1. The summed E-state index contributed by atoms with van der Waals surface area (Å²) in [6.45, 7) is 0. The van der Waals surface area contributed by atoms with Crippen molar-refractivity contribution >= 4 is 46.8 Å². The number of amides is 2. The van der Waals surface area contributed by atoms with Crippen LogP contribution in [0.25, 0.3) is 6.08 Å². The van der Waals surface area contributed by atoms with Gasteiger partial charge in [-0.3, -0.25) is 29.9 Å². The number of carbonyl (C=O) groups is 2. The fraction of sp³-hybridized carbons (Fsp3) is 0.167. The molecule has 1 aromatic carbocycles. The maximum absolute atomic E-state index is 13.1.